The molecule has 0 aromatic heterocycles. The van der Waals surface area contributed by atoms with Crippen molar-refractivity contribution in [3.8, 4) is 5.75 Å². The van der Waals surface area contributed by atoms with Crippen molar-refractivity contribution in [2.24, 2.45) is 5.92 Å². The quantitative estimate of drug-likeness (QED) is 0.469. The second-order valence-electron chi connectivity index (χ2n) is 7.64. The maximum Gasteiger partial charge on any atom is 0.408 e. The van der Waals surface area contributed by atoms with E-state index in [1.54, 1.807) is 24.3 Å². The van der Waals surface area contributed by atoms with Gasteiger partial charge in [0, 0.05) is 0 Å². The lowest BCUT2D eigenvalue weighted by Crippen LogP contribution is -2.31. The van der Waals surface area contributed by atoms with Gasteiger partial charge >= 0.3 is 6.09 Å². The van der Waals surface area contributed by atoms with Crippen LogP contribution in [0.25, 0.3) is 0 Å². The Morgan fingerprint density at radius 1 is 0.839 bits per heavy atom. The fourth-order valence-corrected chi connectivity index (χ4v) is 3.08. The fraction of sp³-hybridized carbons (Fsp3) is 0.231. The van der Waals surface area contributed by atoms with Crippen molar-refractivity contribution in [1.29, 1.82) is 0 Å². The first kappa shape index (κ1) is 22.1. The number of hydrogen-bond donors (Lipinski definition) is 1. The molecular weight excluding hydrogens is 390 g/mol. The van der Waals surface area contributed by atoms with E-state index in [1.165, 1.54) is 0 Å². The molecular formula is C26H27NO4. The number of carbonyl (C=O) groups is 2. The Bertz CT molecular complexity index is 916. The Morgan fingerprint density at radius 2 is 1.39 bits per heavy atom. The zero-order valence-electron chi connectivity index (χ0n) is 17.7. The van der Waals surface area contributed by atoms with Crippen LogP contribution in [-0.2, 0) is 9.53 Å². The Balaban J connectivity index is 1.70. The summed E-state index contributed by atoms with van der Waals surface area (Å²) in [5.41, 5.74) is 2.34. The van der Waals surface area contributed by atoms with E-state index in [2.05, 4.69) is 19.2 Å². The van der Waals surface area contributed by atoms with Gasteiger partial charge < -0.3 is 19.6 Å². The normalized spacial score (nSPS) is 11.7. The molecule has 0 saturated heterocycles. The monoisotopic (exact) mass is 417 g/mol. The summed E-state index contributed by atoms with van der Waals surface area (Å²) < 4.78 is 11.4. The third-order valence-electron chi connectivity index (χ3n) is 4.66. The van der Waals surface area contributed by atoms with E-state index < -0.39 is 18.2 Å². The van der Waals surface area contributed by atoms with E-state index in [9.17, 15) is 9.59 Å². The van der Waals surface area contributed by atoms with Gasteiger partial charge in [-0.2, -0.15) is 0 Å². The summed E-state index contributed by atoms with van der Waals surface area (Å²) in [6, 6.07) is 25.3. The van der Waals surface area contributed by atoms with E-state index >= 15 is 0 Å². The van der Waals surface area contributed by atoms with Gasteiger partial charge in [0.25, 0.3) is 0 Å². The van der Waals surface area contributed by atoms with Gasteiger partial charge in [0.1, 0.15) is 18.1 Å². The summed E-state index contributed by atoms with van der Waals surface area (Å²) in [5.74, 6) is 1.14. The van der Waals surface area contributed by atoms with Crippen LogP contribution in [0.2, 0.25) is 0 Å². The molecule has 3 aromatic rings. The van der Waals surface area contributed by atoms with Crippen LogP contribution in [-0.4, -0.2) is 19.0 Å². The first-order valence-electron chi connectivity index (χ1n) is 10.3. The number of nitrogens with one attached hydrogen (secondary N) is 1. The maximum absolute atomic E-state index is 12.7. The fourth-order valence-electron chi connectivity index (χ4n) is 3.08. The molecule has 0 aliphatic carbocycles. The summed E-state index contributed by atoms with van der Waals surface area (Å²) in [6.07, 6.45) is -0.567. The number of ether oxygens (including phenoxy) is 2. The third kappa shape index (κ3) is 6.44. The second kappa shape index (κ2) is 11.0. The standard InChI is InChI=1S/C26H27NO4/c1-19(2)18-30-23-15-13-20(14-16-23)24(17-28)27-26(29)31-25(21-9-5-3-6-10-21)22-11-7-4-8-12-22/h3-17,19,24-25H,18H2,1-2H3,(H,27,29). The average molecular weight is 418 g/mol. The van der Waals surface area contributed by atoms with Gasteiger partial charge in [0.2, 0.25) is 0 Å². The summed E-state index contributed by atoms with van der Waals surface area (Å²) in [5, 5.41) is 2.65. The molecule has 31 heavy (non-hydrogen) atoms. The number of benzene rings is 3. The number of hydrogen-bond acceptors (Lipinski definition) is 4. The molecule has 1 atom stereocenters. The molecule has 5 nitrogen and oxygen atoms in total. The van der Waals surface area contributed by atoms with Gasteiger partial charge in [0.15, 0.2) is 6.10 Å². The summed E-state index contributed by atoms with van der Waals surface area (Å²) in [6.45, 7) is 4.76. The summed E-state index contributed by atoms with van der Waals surface area (Å²) in [4.78, 5) is 24.3. The third-order valence-corrected chi connectivity index (χ3v) is 4.66. The van der Waals surface area contributed by atoms with Gasteiger partial charge in [0.05, 0.1) is 6.61 Å². The molecule has 3 aromatic carbocycles. The van der Waals surface area contributed by atoms with Crippen molar-refractivity contribution in [1.82, 2.24) is 5.32 Å². The highest BCUT2D eigenvalue weighted by Gasteiger charge is 2.21. The molecule has 0 heterocycles. The van der Waals surface area contributed by atoms with Crippen molar-refractivity contribution >= 4 is 12.4 Å². The topological polar surface area (TPSA) is 64.6 Å². The Morgan fingerprint density at radius 3 is 1.87 bits per heavy atom. The molecule has 0 saturated carbocycles. The number of amides is 1. The second-order valence-corrected chi connectivity index (χ2v) is 7.64. The molecule has 0 fully saturated rings. The summed E-state index contributed by atoms with van der Waals surface area (Å²) in [7, 11) is 0. The van der Waals surface area contributed by atoms with Crippen LogP contribution in [0, 0.1) is 5.92 Å². The number of rotatable bonds is 9. The van der Waals surface area contributed by atoms with Crippen LogP contribution in [0.1, 0.15) is 42.7 Å². The van der Waals surface area contributed by atoms with Crippen LogP contribution in [0.3, 0.4) is 0 Å². The van der Waals surface area contributed by atoms with E-state index in [-0.39, 0.29) is 0 Å². The number of carbonyl (C=O) groups excluding carboxylic acids is 2. The minimum Gasteiger partial charge on any atom is -0.493 e. The zero-order valence-corrected chi connectivity index (χ0v) is 17.7. The molecule has 3 rings (SSSR count). The number of aldehydes is 1. The smallest absolute Gasteiger partial charge is 0.408 e. The highest BCUT2D eigenvalue weighted by Crippen LogP contribution is 2.26. The first-order valence-corrected chi connectivity index (χ1v) is 10.3. The van der Waals surface area contributed by atoms with Crippen LogP contribution in [0.15, 0.2) is 84.9 Å². The molecule has 1 amide bonds. The zero-order chi connectivity index (χ0) is 22.1. The Hall–Kier alpha value is -3.60. The van der Waals surface area contributed by atoms with Crippen molar-refractivity contribution in [3.05, 3.63) is 102 Å². The highest BCUT2D eigenvalue weighted by molar-refractivity contribution is 5.75. The minimum absolute atomic E-state index is 0.418. The van der Waals surface area contributed by atoms with E-state index in [0.29, 0.717) is 24.4 Å². The van der Waals surface area contributed by atoms with Crippen molar-refractivity contribution < 1.29 is 19.1 Å². The maximum atomic E-state index is 12.7. The van der Waals surface area contributed by atoms with E-state index in [0.717, 1.165) is 16.9 Å². The average Bonchev–Trinajstić information content (AvgIpc) is 2.81. The van der Waals surface area contributed by atoms with Gasteiger partial charge in [-0.15, -0.1) is 0 Å². The minimum atomic E-state index is -0.821. The Kier molecular flexibility index (Phi) is 7.82. The Labute approximate surface area is 183 Å². The summed E-state index contributed by atoms with van der Waals surface area (Å²) >= 11 is 0. The molecule has 0 aliphatic heterocycles. The van der Waals surface area contributed by atoms with Crippen LogP contribution >= 0.6 is 0 Å². The molecule has 160 valence electrons. The lowest BCUT2D eigenvalue weighted by atomic mass is 10.0. The highest BCUT2D eigenvalue weighted by atomic mass is 16.6. The largest absolute Gasteiger partial charge is 0.493 e. The lowest BCUT2D eigenvalue weighted by molar-refractivity contribution is -0.109. The molecule has 0 spiro atoms. The van der Waals surface area contributed by atoms with Gasteiger partial charge in [-0.3, -0.25) is 0 Å². The van der Waals surface area contributed by atoms with Gasteiger partial charge in [-0.05, 0) is 34.7 Å². The van der Waals surface area contributed by atoms with Crippen LogP contribution in [0.5, 0.6) is 5.75 Å². The predicted molar refractivity (Wildman–Crippen MR) is 120 cm³/mol. The number of alkyl carbamates (subject to hydrolysis) is 1. The van der Waals surface area contributed by atoms with E-state index in [4.69, 9.17) is 9.47 Å². The molecule has 0 radical (unpaired) electrons. The van der Waals surface area contributed by atoms with Crippen molar-refractivity contribution in [2.45, 2.75) is 26.0 Å². The van der Waals surface area contributed by atoms with Crippen LogP contribution < -0.4 is 10.1 Å². The van der Waals surface area contributed by atoms with E-state index in [1.807, 2.05) is 60.7 Å². The molecule has 0 aliphatic rings. The van der Waals surface area contributed by atoms with Crippen molar-refractivity contribution in [2.75, 3.05) is 6.61 Å². The lowest BCUT2D eigenvalue weighted by Gasteiger charge is -2.21. The SMILES string of the molecule is CC(C)COc1ccc(C(C=O)NC(=O)OC(c2ccccc2)c2ccccc2)cc1. The van der Waals surface area contributed by atoms with Gasteiger partial charge in [-0.1, -0.05) is 86.6 Å². The van der Waals surface area contributed by atoms with Crippen molar-refractivity contribution in [3.63, 3.8) is 0 Å². The molecule has 0 bridgehead atoms. The molecule has 1 N–H and O–H groups in total. The van der Waals surface area contributed by atoms with Crippen LogP contribution in [0.4, 0.5) is 4.79 Å². The first-order chi connectivity index (χ1) is 15.1. The molecule has 1 unspecified atom stereocenters. The van der Waals surface area contributed by atoms with Gasteiger partial charge in [-0.25, -0.2) is 4.79 Å². The predicted octanol–water partition coefficient (Wildman–Crippen LogP) is 5.48. The molecule has 5 heteroatoms.